The molecule has 0 amide bonds. The SMILES string of the molecule is CCCCCCCCCCCCCOCCOc1ccccc1. The topological polar surface area (TPSA) is 18.5 Å². The van der Waals surface area contributed by atoms with Crippen LogP contribution in [0.1, 0.15) is 77.6 Å². The number of rotatable bonds is 16. The molecule has 0 aliphatic carbocycles. The number of ether oxygens (including phenoxy) is 2. The summed E-state index contributed by atoms with van der Waals surface area (Å²) in [6.07, 6.45) is 15.1. The van der Waals surface area contributed by atoms with Crippen molar-refractivity contribution in [2.75, 3.05) is 19.8 Å². The monoisotopic (exact) mass is 320 g/mol. The van der Waals surface area contributed by atoms with Gasteiger partial charge in [-0.25, -0.2) is 0 Å². The Kier molecular flexibility index (Phi) is 13.8. The van der Waals surface area contributed by atoms with Gasteiger partial charge in [0.25, 0.3) is 0 Å². The summed E-state index contributed by atoms with van der Waals surface area (Å²) in [5, 5.41) is 0. The average molecular weight is 321 g/mol. The summed E-state index contributed by atoms with van der Waals surface area (Å²) in [4.78, 5) is 0. The highest BCUT2D eigenvalue weighted by Crippen LogP contribution is 2.11. The van der Waals surface area contributed by atoms with Crippen LogP contribution in [0, 0.1) is 0 Å². The fourth-order valence-electron chi connectivity index (χ4n) is 2.71. The van der Waals surface area contributed by atoms with E-state index in [-0.39, 0.29) is 0 Å². The van der Waals surface area contributed by atoms with E-state index in [4.69, 9.17) is 9.47 Å². The molecule has 132 valence electrons. The Morgan fingerprint density at radius 1 is 0.609 bits per heavy atom. The number of unbranched alkanes of at least 4 members (excludes halogenated alkanes) is 10. The predicted molar refractivity (Wildman–Crippen MR) is 99.2 cm³/mol. The fraction of sp³-hybridized carbons (Fsp3) is 0.714. The Labute approximate surface area is 143 Å². The number of para-hydroxylation sites is 1. The second-order valence-electron chi connectivity index (χ2n) is 6.31. The molecule has 0 unspecified atom stereocenters. The molecule has 0 aliphatic rings. The highest BCUT2D eigenvalue weighted by molar-refractivity contribution is 5.20. The molecule has 0 saturated heterocycles. The van der Waals surface area contributed by atoms with Crippen molar-refractivity contribution in [2.24, 2.45) is 0 Å². The molecule has 0 spiro atoms. The molecule has 1 rings (SSSR count). The molecule has 0 N–H and O–H groups in total. The molecule has 0 bridgehead atoms. The lowest BCUT2D eigenvalue weighted by molar-refractivity contribution is 0.0970. The lowest BCUT2D eigenvalue weighted by Crippen LogP contribution is -2.07. The zero-order chi connectivity index (χ0) is 16.4. The maximum absolute atomic E-state index is 5.61. The van der Waals surface area contributed by atoms with Crippen molar-refractivity contribution >= 4 is 0 Å². The van der Waals surface area contributed by atoms with Gasteiger partial charge < -0.3 is 9.47 Å². The first kappa shape index (κ1) is 20.0. The van der Waals surface area contributed by atoms with E-state index in [0.29, 0.717) is 13.2 Å². The van der Waals surface area contributed by atoms with Crippen LogP contribution in [0.4, 0.5) is 0 Å². The van der Waals surface area contributed by atoms with Gasteiger partial charge in [0.1, 0.15) is 12.4 Å². The third-order valence-electron chi connectivity index (χ3n) is 4.13. The van der Waals surface area contributed by atoms with Crippen molar-refractivity contribution in [3.8, 4) is 5.75 Å². The number of benzene rings is 1. The van der Waals surface area contributed by atoms with Crippen LogP contribution in [-0.4, -0.2) is 19.8 Å². The number of hydrogen-bond donors (Lipinski definition) is 0. The molecule has 0 fully saturated rings. The Balaban J connectivity index is 1.72. The van der Waals surface area contributed by atoms with Crippen LogP contribution in [0.2, 0.25) is 0 Å². The molecule has 2 heteroatoms. The van der Waals surface area contributed by atoms with Gasteiger partial charge in [-0.15, -0.1) is 0 Å². The van der Waals surface area contributed by atoms with Crippen molar-refractivity contribution in [3.63, 3.8) is 0 Å². The lowest BCUT2D eigenvalue weighted by atomic mass is 10.1. The van der Waals surface area contributed by atoms with Gasteiger partial charge in [0.2, 0.25) is 0 Å². The summed E-state index contributed by atoms with van der Waals surface area (Å²) in [7, 11) is 0. The molecule has 0 radical (unpaired) electrons. The zero-order valence-electron chi connectivity index (χ0n) is 15.1. The maximum atomic E-state index is 5.61. The Morgan fingerprint density at radius 3 is 1.78 bits per heavy atom. The van der Waals surface area contributed by atoms with Crippen molar-refractivity contribution in [3.05, 3.63) is 30.3 Å². The normalized spacial score (nSPS) is 10.8. The minimum Gasteiger partial charge on any atom is -0.491 e. The van der Waals surface area contributed by atoms with Crippen molar-refractivity contribution in [2.45, 2.75) is 77.6 Å². The van der Waals surface area contributed by atoms with Crippen molar-refractivity contribution < 1.29 is 9.47 Å². The first-order valence-corrected chi connectivity index (χ1v) is 9.69. The molecule has 0 aliphatic heterocycles. The lowest BCUT2D eigenvalue weighted by Gasteiger charge is -2.07. The van der Waals surface area contributed by atoms with Crippen LogP contribution in [-0.2, 0) is 4.74 Å². The van der Waals surface area contributed by atoms with Crippen LogP contribution >= 0.6 is 0 Å². The average Bonchev–Trinajstić information content (AvgIpc) is 2.59. The van der Waals surface area contributed by atoms with Gasteiger partial charge in [-0.1, -0.05) is 89.3 Å². The molecule has 0 heterocycles. The van der Waals surface area contributed by atoms with Crippen molar-refractivity contribution in [1.29, 1.82) is 0 Å². The first-order valence-electron chi connectivity index (χ1n) is 9.69. The molecule has 23 heavy (non-hydrogen) atoms. The maximum Gasteiger partial charge on any atom is 0.119 e. The Bertz CT molecular complexity index is 337. The molecule has 0 aromatic heterocycles. The van der Waals surface area contributed by atoms with Gasteiger partial charge in [-0.05, 0) is 18.6 Å². The third kappa shape index (κ3) is 13.1. The summed E-state index contributed by atoms with van der Waals surface area (Å²) in [6.45, 7) is 4.48. The first-order chi connectivity index (χ1) is 11.4. The highest BCUT2D eigenvalue weighted by Gasteiger charge is 1.95. The van der Waals surface area contributed by atoms with Gasteiger partial charge in [0.15, 0.2) is 0 Å². The molecular formula is C21H36O2. The largest absolute Gasteiger partial charge is 0.491 e. The van der Waals surface area contributed by atoms with Gasteiger partial charge in [-0.2, -0.15) is 0 Å². The summed E-state index contributed by atoms with van der Waals surface area (Å²) in [5.41, 5.74) is 0. The van der Waals surface area contributed by atoms with Gasteiger partial charge in [0, 0.05) is 6.61 Å². The van der Waals surface area contributed by atoms with E-state index in [1.54, 1.807) is 0 Å². The standard InChI is InChI=1S/C21H36O2/c1-2-3-4-5-6-7-8-9-10-11-15-18-22-19-20-23-21-16-13-12-14-17-21/h12-14,16-17H,2-11,15,18-20H2,1H3. The van der Waals surface area contributed by atoms with E-state index in [0.717, 1.165) is 12.4 Å². The Hall–Kier alpha value is -1.02. The van der Waals surface area contributed by atoms with E-state index >= 15 is 0 Å². The van der Waals surface area contributed by atoms with E-state index < -0.39 is 0 Å². The fourth-order valence-corrected chi connectivity index (χ4v) is 2.71. The van der Waals surface area contributed by atoms with Gasteiger partial charge in [0.05, 0.1) is 6.61 Å². The van der Waals surface area contributed by atoms with Gasteiger partial charge in [-0.3, -0.25) is 0 Å². The van der Waals surface area contributed by atoms with E-state index in [1.165, 1.54) is 70.6 Å². The summed E-state index contributed by atoms with van der Waals surface area (Å²) < 4.78 is 11.2. The molecule has 1 aromatic rings. The van der Waals surface area contributed by atoms with Crippen LogP contribution in [0.15, 0.2) is 30.3 Å². The zero-order valence-corrected chi connectivity index (χ0v) is 15.1. The minimum absolute atomic E-state index is 0.641. The predicted octanol–water partition coefficient (Wildman–Crippen LogP) is 6.39. The minimum atomic E-state index is 0.641. The quantitative estimate of drug-likeness (QED) is 0.328. The number of hydrogen-bond acceptors (Lipinski definition) is 2. The van der Waals surface area contributed by atoms with Crippen LogP contribution < -0.4 is 4.74 Å². The molecule has 0 atom stereocenters. The second kappa shape index (κ2) is 15.9. The molecule has 2 nitrogen and oxygen atoms in total. The third-order valence-corrected chi connectivity index (χ3v) is 4.13. The summed E-state index contributed by atoms with van der Waals surface area (Å²) >= 11 is 0. The smallest absolute Gasteiger partial charge is 0.119 e. The molecular weight excluding hydrogens is 284 g/mol. The van der Waals surface area contributed by atoms with E-state index in [1.807, 2.05) is 30.3 Å². The second-order valence-corrected chi connectivity index (χ2v) is 6.31. The highest BCUT2D eigenvalue weighted by atomic mass is 16.5. The summed E-state index contributed by atoms with van der Waals surface area (Å²) in [5.74, 6) is 0.922. The molecule has 1 aromatic carbocycles. The summed E-state index contributed by atoms with van der Waals surface area (Å²) in [6, 6.07) is 9.92. The Morgan fingerprint density at radius 2 is 1.17 bits per heavy atom. The van der Waals surface area contributed by atoms with E-state index in [9.17, 15) is 0 Å². The van der Waals surface area contributed by atoms with Crippen LogP contribution in [0.3, 0.4) is 0 Å². The van der Waals surface area contributed by atoms with Crippen LogP contribution in [0.5, 0.6) is 5.75 Å². The van der Waals surface area contributed by atoms with Crippen LogP contribution in [0.25, 0.3) is 0 Å². The van der Waals surface area contributed by atoms with E-state index in [2.05, 4.69) is 6.92 Å². The van der Waals surface area contributed by atoms with Gasteiger partial charge >= 0.3 is 0 Å². The molecule has 0 saturated carbocycles. The van der Waals surface area contributed by atoms with Crippen molar-refractivity contribution in [1.82, 2.24) is 0 Å².